The topological polar surface area (TPSA) is 42.0 Å². The summed E-state index contributed by atoms with van der Waals surface area (Å²) in [5.74, 6) is -1.02. The molecular weight excluding hydrogens is 335 g/mol. The number of amides is 1. The number of nitrogens with zero attached hydrogens (tertiary/aromatic N) is 1. The standard InChI is InChI=1S/C20H17FN2OS/c21-17-8-4-3-7-16(17)19(24)23-20-22-18(12-25-20)15-10-9-13-5-1-2-6-14(13)11-15/h3-4,7-12H,1-2,5-6H2,(H,22,23,24). The fraction of sp³-hybridized carbons (Fsp3) is 0.200. The maximum atomic E-state index is 13.7. The van der Waals surface area contributed by atoms with E-state index in [0.29, 0.717) is 5.13 Å². The van der Waals surface area contributed by atoms with Crippen LogP contribution in [0.3, 0.4) is 0 Å². The lowest BCUT2D eigenvalue weighted by molar-refractivity contribution is 0.102. The number of aromatic nitrogens is 1. The van der Waals surface area contributed by atoms with Gasteiger partial charge < -0.3 is 0 Å². The Morgan fingerprint density at radius 1 is 1.08 bits per heavy atom. The zero-order valence-electron chi connectivity index (χ0n) is 13.6. The van der Waals surface area contributed by atoms with Crippen LogP contribution in [0, 0.1) is 5.82 Å². The van der Waals surface area contributed by atoms with Crippen molar-refractivity contribution < 1.29 is 9.18 Å². The van der Waals surface area contributed by atoms with Crippen LogP contribution >= 0.6 is 11.3 Å². The number of halogens is 1. The Labute approximate surface area is 149 Å². The summed E-state index contributed by atoms with van der Waals surface area (Å²) in [5, 5.41) is 5.07. The van der Waals surface area contributed by atoms with Crippen LogP contribution in [0.4, 0.5) is 9.52 Å². The molecule has 1 aromatic heterocycles. The quantitative estimate of drug-likeness (QED) is 0.714. The first-order valence-electron chi connectivity index (χ1n) is 8.34. The van der Waals surface area contributed by atoms with E-state index in [2.05, 4.69) is 28.5 Å². The summed E-state index contributed by atoms with van der Waals surface area (Å²) in [6.07, 6.45) is 4.76. The lowest BCUT2D eigenvalue weighted by Gasteiger charge is -2.16. The van der Waals surface area contributed by atoms with Gasteiger partial charge in [-0.05, 0) is 55.0 Å². The summed E-state index contributed by atoms with van der Waals surface area (Å²) in [4.78, 5) is 16.7. The molecule has 0 saturated carbocycles. The molecule has 0 spiro atoms. The van der Waals surface area contributed by atoms with Gasteiger partial charge in [0, 0.05) is 10.9 Å². The highest BCUT2D eigenvalue weighted by atomic mass is 32.1. The second-order valence-electron chi connectivity index (χ2n) is 6.16. The van der Waals surface area contributed by atoms with Gasteiger partial charge in [0.05, 0.1) is 11.3 Å². The van der Waals surface area contributed by atoms with Gasteiger partial charge in [0.25, 0.3) is 5.91 Å². The molecule has 0 aliphatic heterocycles. The highest BCUT2D eigenvalue weighted by molar-refractivity contribution is 7.14. The number of thiazole rings is 1. The summed E-state index contributed by atoms with van der Waals surface area (Å²) in [7, 11) is 0. The van der Waals surface area contributed by atoms with Crippen LogP contribution in [0.1, 0.15) is 34.3 Å². The second-order valence-corrected chi connectivity index (χ2v) is 7.02. The molecule has 0 fully saturated rings. The van der Waals surface area contributed by atoms with E-state index in [4.69, 9.17) is 0 Å². The van der Waals surface area contributed by atoms with Gasteiger partial charge in [0.15, 0.2) is 5.13 Å². The average molecular weight is 352 g/mol. The van der Waals surface area contributed by atoms with Gasteiger partial charge in [-0.2, -0.15) is 0 Å². The maximum absolute atomic E-state index is 13.7. The van der Waals surface area contributed by atoms with E-state index in [0.717, 1.165) is 24.1 Å². The lowest BCUT2D eigenvalue weighted by Crippen LogP contribution is -2.13. The summed E-state index contributed by atoms with van der Waals surface area (Å²) >= 11 is 1.35. The number of anilines is 1. The highest BCUT2D eigenvalue weighted by Crippen LogP contribution is 2.29. The molecule has 0 unspecified atom stereocenters. The van der Waals surface area contributed by atoms with Gasteiger partial charge in [0.2, 0.25) is 0 Å². The molecule has 1 aliphatic rings. The molecule has 1 amide bonds. The number of carbonyl (C=O) groups excluding carboxylic acids is 1. The first kappa shape index (κ1) is 16.0. The van der Waals surface area contributed by atoms with E-state index in [-0.39, 0.29) is 5.56 Å². The van der Waals surface area contributed by atoms with Crippen molar-refractivity contribution >= 4 is 22.4 Å². The number of hydrogen-bond donors (Lipinski definition) is 1. The molecule has 1 aliphatic carbocycles. The van der Waals surface area contributed by atoms with E-state index in [1.807, 2.05) is 5.38 Å². The van der Waals surface area contributed by atoms with Gasteiger partial charge >= 0.3 is 0 Å². The second kappa shape index (κ2) is 6.76. The Balaban J connectivity index is 1.54. The first-order valence-corrected chi connectivity index (χ1v) is 9.22. The van der Waals surface area contributed by atoms with Gasteiger partial charge in [-0.3, -0.25) is 10.1 Å². The fourth-order valence-corrected chi connectivity index (χ4v) is 3.88. The molecule has 1 N–H and O–H groups in total. The van der Waals surface area contributed by atoms with Gasteiger partial charge in [-0.1, -0.05) is 24.3 Å². The lowest BCUT2D eigenvalue weighted by atomic mass is 9.90. The summed E-state index contributed by atoms with van der Waals surface area (Å²) < 4.78 is 13.7. The van der Waals surface area contributed by atoms with Crippen LogP contribution in [0.25, 0.3) is 11.3 Å². The molecule has 3 nitrogen and oxygen atoms in total. The number of rotatable bonds is 3. The third kappa shape index (κ3) is 3.33. The third-order valence-electron chi connectivity index (χ3n) is 4.49. The highest BCUT2D eigenvalue weighted by Gasteiger charge is 2.15. The minimum Gasteiger partial charge on any atom is -0.298 e. The number of hydrogen-bond acceptors (Lipinski definition) is 3. The van der Waals surface area contributed by atoms with Crippen LogP contribution in [-0.4, -0.2) is 10.9 Å². The Bertz CT molecular complexity index is 935. The zero-order chi connectivity index (χ0) is 17.2. The molecule has 5 heteroatoms. The number of fused-ring (bicyclic) bond motifs is 1. The van der Waals surface area contributed by atoms with Crippen molar-refractivity contribution in [3.05, 3.63) is 70.4 Å². The van der Waals surface area contributed by atoms with E-state index < -0.39 is 11.7 Å². The SMILES string of the molecule is O=C(Nc1nc(-c2ccc3c(c2)CCCC3)cs1)c1ccccc1F. The van der Waals surface area contributed by atoms with Crippen molar-refractivity contribution in [1.29, 1.82) is 0 Å². The Morgan fingerprint density at radius 3 is 2.72 bits per heavy atom. The van der Waals surface area contributed by atoms with E-state index >= 15 is 0 Å². The monoisotopic (exact) mass is 352 g/mol. The molecule has 3 aromatic rings. The molecule has 25 heavy (non-hydrogen) atoms. The van der Waals surface area contributed by atoms with Crippen molar-refractivity contribution in [2.45, 2.75) is 25.7 Å². The molecule has 4 rings (SSSR count). The number of benzene rings is 2. The Morgan fingerprint density at radius 2 is 1.88 bits per heavy atom. The van der Waals surface area contributed by atoms with E-state index in [1.165, 1.54) is 47.4 Å². The Kier molecular flexibility index (Phi) is 4.32. The minimum atomic E-state index is -0.536. The Hall–Kier alpha value is -2.53. The smallest absolute Gasteiger partial charge is 0.260 e. The predicted octanol–water partition coefficient (Wildman–Crippen LogP) is 5.08. The van der Waals surface area contributed by atoms with Crippen LogP contribution in [0.5, 0.6) is 0 Å². The average Bonchev–Trinajstić information content (AvgIpc) is 3.10. The molecule has 0 radical (unpaired) electrons. The fourth-order valence-electron chi connectivity index (χ4n) is 3.17. The van der Waals surface area contributed by atoms with Crippen molar-refractivity contribution in [2.75, 3.05) is 5.32 Å². The zero-order valence-corrected chi connectivity index (χ0v) is 14.4. The van der Waals surface area contributed by atoms with Crippen molar-refractivity contribution in [2.24, 2.45) is 0 Å². The third-order valence-corrected chi connectivity index (χ3v) is 5.25. The minimum absolute atomic E-state index is 0.0213. The summed E-state index contributed by atoms with van der Waals surface area (Å²) in [5.41, 5.74) is 4.74. The van der Waals surface area contributed by atoms with Crippen molar-refractivity contribution in [1.82, 2.24) is 4.98 Å². The predicted molar refractivity (Wildman–Crippen MR) is 98.5 cm³/mol. The van der Waals surface area contributed by atoms with Crippen LogP contribution in [0.15, 0.2) is 47.8 Å². The summed E-state index contributed by atoms with van der Waals surface area (Å²) in [6.45, 7) is 0. The van der Waals surface area contributed by atoms with Crippen LogP contribution in [-0.2, 0) is 12.8 Å². The molecule has 0 atom stereocenters. The van der Waals surface area contributed by atoms with Crippen LogP contribution < -0.4 is 5.32 Å². The van der Waals surface area contributed by atoms with E-state index in [9.17, 15) is 9.18 Å². The molecule has 0 saturated heterocycles. The van der Waals surface area contributed by atoms with Crippen molar-refractivity contribution in [3.63, 3.8) is 0 Å². The summed E-state index contributed by atoms with van der Waals surface area (Å²) in [6, 6.07) is 12.4. The maximum Gasteiger partial charge on any atom is 0.260 e. The van der Waals surface area contributed by atoms with Crippen molar-refractivity contribution in [3.8, 4) is 11.3 Å². The van der Waals surface area contributed by atoms with Gasteiger partial charge in [-0.25, -0.2) is 9.37 Å². The van der Waals surface area contributed by atoms with Crippen LogP contribution in [0.2, 0.25) is 0 Å². The number of aryl methyl sites for hydroxylation is 2. The molecule has 2 aromatic carbocycles. The molecule has 126 valence electrons. The normalized spacial score (nSPS) is 13.3. The molecular formula is C20H17FN2OS. The number of carbonyl (C=O) groups is 1. The molecule has 1 heterocycles. The largest absolute Gasteiger partial charge is 0.298 e. The first-order chi connectivity index (χ1) is 12.2. The molecule has 0 bridgehead atoms. The van der Waals surface area contributed by atoms with E-state index in [1.54, 1.807) is 12.1 Å². The van der Waals surface area contributed by atoms with Gasteiger partial charge in [-0.15, -0.1) is 11.3 Å². The van der Waals surface area contributed by atoms with Gasteiger partial charge in [0.1, 0.15) is 5.82 Å². The number of nitrogens with one attached hydrogen (secondary N) is 1.